The molecule has 0 aliphatic heterocycles. The van der Waals surface area contributed by atoms with E-state index in [0.29, 0.717) is 10.0 Å². The van der Waals surface area contributed by atoms with Gasteiger partial charge in [0.2, 0.25) is 0 Å². The highest BCUT2D eigenvalue weighted by molar-refractivity contribution is 6.42. The maximum atomic E-state index is 6.07. The van der Waals surface area contributed by atoms with E-state index in [-0.39, 0.29) is 5.50 Å². The van der Waals surface area contributed by atoms with E-state index in [1.54, 1.807) is 12.1 Å². The van der Waals surface area contributed by atoms with E-state index in [9.17, 15) is 0 Å². The summed E-state index contributed by atoms with van der Waals surface area (Å²) in [4.78, 5) is 2.00. The molecule has 5 heteroatoms. The van der Waals surface area contributed by atoms with Crippen molar-refractivity contribution in [1.29, 1.82) is 0 Å². The lowest BCUT2D eigenvalue weighted by molar-refractivity contribution is 0.414. The largest absolute Gasteiger partial charge is 0.368 e. The smallest absolute Gasteiger partial charge is 0.114 e. The van der Waals surface area contributed by atoms with Crippen LogP contribution in [0.15, 0.2) is 18.2 Å². The van der Waals surface area contributed by atoms with Crippen molar-refractivity contribution < 1.29 is 0 Å². The third-order valence-corrected chi connectivity index (χ3v) is 2.75. The summed E-state index contributed by atoms with van der Waals surface area (Å²) in [5.74, 6) is 0. The molecule has 0 spiro atoms. The van der Waals surface area contributed by atoms with Crippen molar-refractivity contribution >= 4 is 40.5 Å². The second-order valence-electron chi connectivity index (χ2n) is 3.50. The first kappa shape index (κ1) is 12.9. The lowest BCUT2D eigenvalue weighted by Crippen LogP contribution is -2.27. The third kappa shape index (κ3) is 4.47. The molecule has 15 heavy (non-hydrogen) atoms. The molecule has 0 fully saturated rings. The van der Waals surface area contributed by atoms with Gasteiger partial charge in [-0.05, 0) is 32.3 Å². The summed E-state index contributed by atoms with van der Waals surface area (Å²) in [6.45, 7) is 0.738. The van der Waals surface area contributed by atoms with E-state index in [2.05, 4.69) is 5.32 Å². The van der Waals surface area contributed by atoms with Crippen LogP contribution in [0.5, 0.6) is 0 Å². The first-order valence-corrected chi connectivity index (χ1v) is 5.68. The van der Waals surface area contributed by atoms with Gasteiger partial charge in [-0.1, -0.05) is 34.8 Å². The molecule has 0 saturated carbocycles. The Morgan fingerprint density at radius 3 is 2.47 bits per heavy atom. The molecule has 1 atom stereocenters. The Balaban J connectivity index is 2.60. The average molecular weight is 268 g/mol. The summed E-state index contributed by atoms with van der Waals surface area (Å²) < 4.78 is 0. The van der Waals surface area contributed by atoms with Crippen molar-refractivity contribution in [2.45, 2.75) is 5.50 Å². The summed E-state index contributed by atoms with van der Waals surface area (Å²) in [5, 5.41) is 4.19. The molecule has 0 heterocycles. The minimum Gasteiger partial charge on any atom is -0.368 e. The highest BCUT2D eigenvalue weighted by Gasteiger charge is 2.06. The summed E-state index contributed by atoms with van der Waals surface area (Å²) in [5.41, 5.74) is 0.712. The quantitative estimate of drug-likeness (QED) is 0.663. The van der Waals surface area contributed by atoms with E-state index in [4.69, 9.17) is 34.8 Å². The number of nitrogens with zero attached hydrogens (tertiary/aromatic N) is 1. The third-order valence-electron chi connectivity index (χ3n) is 1.77. The van der Waals surface area contributed by atoms with Crippen molar-refractivity contribution in [2.24, 2.45) is 0 Å². The average Bonchev–Trinajstić information content (AvgIpc) is 2.10. The molecule has 0 aliphatic rings. The predicted molar refractivity (Wildman–Crippen MR) is 68.3 cm³/mol. The van der Waals surface area contributed by atoms with Crippen molar-refractivity contribution in [3.8, 4) is 0 Å². The van der Waals surface area contributed by atoms with Gasteiger partial charge in [-0.15, -0.1) is 0 Å². The Labute approximate surface area is 105 Å². The van der Waals surface area contributed by atoms with E-state index in [0.717, 1.165) is 12.2 Å². The number of rotatable bonds is 4. The van der Waals surface area contributed by atoms with Crippen LogP contribution in [0, 0.1) is 0 Å². The van der Waals surface area contributed by atoms with Gasteiger partial charge < -0.3 is 10.2 Å². The summed E-state index contributed by atoms with van der Waals surface area (Å²) >= 11 is 17.8. The van der Waals surface area contributed by atoms with Gasteiger partial charge in [-0.25, -0.2) is 0 Å². The monoisotopic (exact) mass is 266 g/mol. The van der Waals surface area contributed by atoms with Gasteiger partial charge in [0.1, 0.15) is 5.50 Å². The van der Waals surface area contributed by atoms with Crippen LogP contribution in [-0.4, -0.2) is 31.0 Å². The molecule has 0 radical (unpaired) electrons. The van der Waals surface area contributed by atoms with Gasteiger partial charge in [0, 0.05) is 12.2 Å². The van der Waals surface area contributed by atoms with Crippen LogP contribution < -0.4 is 5.32 Å². The molecule has 0 aliphatic carbocycles. The van der Waals surface area contributed by atoms with Crippen LogP contribution in [0.25, 0.3) is 0 Å². The van der Waals surface area contributed by atoms with Crippen molar-refractivity contribution in [2.75, 3.05) is 26.0 Å². The van der Waals surface area contributed by atoms with Crippen LogP contribution in [0.4, 0.5) is 5.69 Å². The Morgan fingerprint density at radius 2 is 1.93 bits per heavy atom. The van der Waals surface area contributed by atoms with Gasteiger partial charge in [0.25, 0.3) is 0 Å². The molecule has 0 aromatic heterocycles. The van der Waals surface area contributed by atoms with Gasteiger partial charge in [-0.2, -0.15) is 0 Å². The lowest BCUT2D eigenvalue weighted by atomic mass is 10.3. The maximum absolute atomic E-state index is 6.07. The normalized spacial score (nSPS) is 12.9. The minimum atomic E-state index is -0.155. The van der Waals surface area contributed by atoms with E-state index >= 15 is 0 Å². The fourth-order valence-electron chi connectivity index (χ4n) is 1.13. The number of nitrogens with one attached hydrogen (secondary N) is 1. The molecule has 1 aromatic rings. The zero-order chi connectivity index (χ0) is 11.4. The molecule has 2 nitrogen and oxygen atoms in total. The lowest BCUT2D eigenvalue weighted by Gasteiger charge is -2.17. The Hall–Kier alpha value is -0.150. The van der Waals surface area contributed by atoms with Crippen LogP contribution in [0.2, 0.25) is 10.0 Å². The van der Waals surface area contributed by atoms with E-state index in [1.165, 1.54) is 0 Å². The number of alkyl halides is 1. The number of hydrogen-bond donors (Lipinski definition) is 1. The molecule has 1 rings (SSSR count). The molecule has 0 amide bonds. The summed E-state index contributed by atoms with van der Waals surface area (Å²) in [6.07, 6.45) is 0. The predicted octanol–water partition coefficient (Wildman–Crippen LogP) is 3.53. The summed E-state index contributed by atoms with van der Waals surface area (Å²) in [6, 6.07) is 5.35. The molecular weight excluding hydrogens is 254 g/mol. The number of hydrogen-bond acceptors (Lipinski definition) is 2. The Kier molecular flexibility index (Phi) is 5.00. The topological polar surface area (TPSA) is 15.3 Å². The van der Waals surface area contributed by atoms with Crippen molar-refractivity contribution in [3.05, 3.63) is 28.2 Å². The second-order valence-corrected chi connectivity index (χ2v) is 4.84. The first-order valence-electron chi connectivity index (χ1n) is 4.49. The molecule has 1 N–H and O–H groups in total. The van der Waals surface area contributed by atoms with Crippen LogP contribution >= 0.6 is 34.8 Å². The zero-order valence-corrected chi connectivity index (χ0v) is 10.9. The zero-order valence-electron chi connectivity index (χ0n) is 8.60. The van der Waals surface area contributed by atoms with E-state index in [1.807, 2.05) is 25.1 Å². The van der Waals surface area contributed by atoms with Gasteiger partial charge >= 0.3 is 0 Å². The Bertz CT molecular complexity index is 328. The SMILES string of the molecule is CN(C)CC(Cl)Nc1ccc(Cl)c(Cl)c1. The number of halogens is 3. The van der Waals surface area contributed by atoms with Crippen LogP contribution in [-0.2, 0) is 0 Å². The molecule has 0 bridgehead atoms. The van der Waals surface area contributed by atoms with Gasteiger partial charge in [0.05, 0.1) is 10.0 Å². The Morgan fingerprint density at radius 1 is 1.27 bits per heavy atom. The van der Waals surface area contributed by atoms with Gasteiger partial charge in [0.15, 0.2) is 0 Å². The number of likely N-dealkylation sites (N-methyl/N-ethyl adjacent to an activating group) is 1. The van der Waals surface area contributed by atoms with Gasteiger partial charge in [-0.3, -0.25) is 0 Å². The summed E-state index contributed by atoms with van der Waals surface area (Å²) in [7, 11) is 3.93. The fraction of sp³-hybridized carbons (Fsp3) is 0.400. The molecule has 84 valence electrons. The van der Waals surface area contributed by atoms with Crippen molar-refractivity contribution in [3.63, 3.8) is 0 Å². The maximum Gasteiger partial charge on any atom is 0.114 e. The minimum absolute atomic E-state index is 0.155. The number of anilines is 1. The molecule has 1 unspecified atom stereocenters. The standard InChI is InChI=1S/C10H13Cl3N2/c1-15(2)6-10(13)14-7-3-4-8(11)9(12)5-7/h3-5,10,14H,6H2,1-2H3. The molecular formula is C10H13Cl3N2. The fourth-order valence-corrected chi connectivity index (χ4v) is 1.83. The van der Waals surface area contributed by atoms with Crippen molar-refractivity contribution in [1.82, 2.24) is 4.90 Å². The van der Waals surface area contributed by atoms with E-state index < -0.39 is 0 Å². The molecule has 1 aromatic carbocycles. The van der Waals surface area contributed by atoms with Crippen LogP contribution in [0.3, 0.4) is 0 Å². The number of benzene rings is 1. The highest BCUT2D eigenvalue weighted by Crippen LogP contribution is 2.25. The highest BCUT2D eigenvalue weighted by atomic mass is 35.5. The second kappa shape index (κ2) is 5.80. The van der Waals surface area contributed by atoms with Crippen LogP contribution in [0.1, 0.15) is 0 Å². The first-order chi connectivity index (χ1) is 6.99. The molecule has 0 saturated heterocycles.